The van der Waals surface area contributed by atoms with Gasteiger partial charge in [0.25, 0.3) is 5.91 Å². The van der Waals surface area contributed by atoms with Gasteiger partial charge in [0, 0.05) is 16.9 Å². The van der Waals surface area contributed by atoms with Crippen molar-refractivity contribution in [2.45, 2.75) is 19.6 Å². The van der Waals surface area contributed by atoms with Crippen molar-refractivity contribution in [2.75, 3.05) is 10.6 Å². The van der Waals surface area contributed by atoms with Crippen molar-refractivity contribution in [1.29, 1.82) is 0 Å². The van der Waals surface area contributed by atoms with Crippen LogP contribution in [0.3, 0.4) is 0 Å². The predicted octanol–water partition coefficient (Wildman–Crippen LogP) is 5.58. The highest BCUT2D eigenvalue weighted by atomic mass is 35.5. The molecule has 5 rings (SSSR count). The minimum Gasteiger partial charge on any atom is -0.489 e. The lowest BCUT2D eigenvalue weighted by Crippen LogP contribution is -2.31. The molecule has 0 radical (unpaired) electrons. The van der Waals surface area contributed by atoms with Gasteiger partial charge in [-0.15, -0.1) is 0 Å². The monoisotopic (exact) mass is 489 g/mol. The molecule has 0 bridgehead atoms. The lowest BCUT2D eigenvalue weighted by molar-refractivity contribution is -0.113. The van der Waals surface area contributed by atoms with E-state index in [4.69, 9.17) is 16.3 Å². The molecule has 3 aromatic carbocycles. The fraction of sp³-hybridized carbons (Fsp3) is 0.115. The molecule has 0 unspecified atom stereocenters. The summed E-state index contributed by atoms with van der Waals surface area (Å²) in [5, 5.41) is 10.8. The molecular formula is C26H21ClFN5O2. The molecule has 0 saturated heterocycles. The number of benzene rings is 3. The average molecular weight is 490 g/mol. The molecule has 35 heavy (non-hydrogen) atoms. The molecule has 1 aliphatic rings. The Morgan fingerprint density at radius 1 is 1.11 bits per heavy atom. The van der Waals surface area contributed by atoms with Crippen molar-refractivity contribution in [3.63, 3.8) is 0 Å². The van der Waals surface area contributed by atoms with Crippen molar-refractivity contribution in [3.8, 4) is 5.75 Å². The first-order chi connectivity index (χ1) is 17.0. The van der Waals surface area contributed by atoms with E-state index in [0.29, 0.717) is 39.2 Å². The zero-order valence-electron chi connectivity index (χ0n) is 18.7. The van der Waals surface area contributed by atoms with Crippen LogP contribution in [0.4, 0.5) is 16.0 Å². The van der Waals surface area contributed by atoms with E-state index in [2.05, 4.69) is 20.7 Å². The Morgan fingerprint density at radius 2 is 1.89 bits per heavy atom. The van der Waals surface area contributed by atoms with Crippen molar-refractivity contribution in [1.82, 2.24) is 14.8 Å². The number of amides is 1. The van der Waals surface area contributed by atoms with Crippen LogP contribution in [0.15, 0.2) is 90.4 Å². The molecule has 0 spiro atoms. The summed E-state index contributed by atoms with van der Waals surface area (Å²) in [5.41, 5.74) is 2.99. The average Bonchev–Trinajstić information content (AvgIpc) is 3.32. The Kier molecular flexibility index (Phi) is 6.20. The van der Waals surface area contributed by atoms with Crippen LogP contribution >= 0.6 is 11.6 Å². The third kappa shape index (κ3) is 4.61. The fourth-order valence-electron chi connectivity index (χ4n) is 3.99. The fourth-order valence-corrected chi connectivity index (χ4v) is 4.20. The van der Waals surface area contributed by atoms with Gasteiger partial charge in [-0.05, 0) is 48.9 Å². The van der Waals surface area contributed by atoms with E-state index in [-0.39, 0.29) is 12.5 Å². The zero-order chi connectivity index (χ0) is 24.4. The van der Waals surface area contributed by atoms with Gasteiger partial charge in [-0.3, -0.25) is 4.79 Å². The Balaban J connectivity index is 1.42. The van der Waals surface area contributed by atoms with Crippen LogP contribution < -0.4 is 15.4 Å². The van der Waals surface area contributed by atoms with Gasteiger partial charge < -0.3 is 15.4 Å². The van der Waals surface area contributed by atoms with Gasteiger partial charge >= 0.3 is 0 Å². The van der Waals surface area contributed by atoms with Gasteiger partial charge in [-0.1, -0.05) is 48.0 Å². The van der Waals surface area contributed by atoms with Gasteiger partial charge in [0.1, 0.15) is 30.5 Å². The maximum atomic E-state index is 14.1. The lowest BCUT2D eigenvalue weighted by Gasteiger charge is -2.28. The minimum absolute atomic E-state index is 0.00479. The van der Waals surface area contributed by atoms with Crippen molar-refractivity contribution in [3.05, 3.63) is 112 Å². The summed E-state index contributed by atoms with van der Waals surface area (Å²) in [6, 6.07) is 20.5. The molecule has 7 nitrogen and oxygen atoms in total. The number of hydrogen-bond donors (Lipinski definition) is 2. The van der Waals surface area contributed by atoms with E-state index in [1.165, 1.54) is 12.4 Å². The number of nitrogens with one attached hydrogen (secondary N) is 2. The molecule has 2 N–H and O–H groups in total. The normalized spacial score (nSPS) is 14.8. The Labute approximate surface area is 206 Å². The van der Waals surface area contributed by atoms with Gasteiger partial charge in [0.15, 0.2) is 0 Å². The van der Waals surface area contributed by atoms with Crippen molar-refractivity contribution in [2.24, 2.45) is 0 Å². The standard InChI is InChI=1S/C26H21ClFN5O2/c1-16-23(25(34)32-18-6-3-2-4-7-18)24(33-26(31-16)29-15-30-33)17-10-12-19(13-11-17)35-14-20-21(27)8-5-9-22(20)28/h2-13,15,24H,14H2,1H3,(H,32,34)(H,29,30,31)/t24-/m1/s1. The van der Waals surface area contributed by atoms with E-state index >= 15 is 0 Å². The highest BCUT2D eigenvalue weighted by Gasteiger charge is 2.33. The number of carbonyl (C=O) groups is 1. The summed E-state index contributed by atoms with van der Waals surface area (Å²) < 4.78 is 21.5. The maximum absolute atomic E-state index is 14.1. The highest BCUT2D eigenvalue weighted by molar-refractivity contribution is 6.31. The van der Waals surface area contributed by atoms with Crippen LogP contribution in [-0.2, 0) is 11.4 Å². The van der Waals surface area contributed by atoms with Crippen LogP contribution in [0.25, 0.3) is 0 Å². The third-order valence-corrected chi connectivity index (χ3v) is 6.07. The summed E-state index contributed by atoms with van der Waals surface area (Å²) in [6.07, 6.45) is 1.44. The molecule has 1 amide bonds. The molecular weight excluding hydrogens is 469 g/mol. The van der Waals surface area contributed by atoms with E-state index in [0.717, 1.165) is 5.56 Å². The number of rotatable bonds is 6. The third-order valence-electron chi connectivity index (χ3n) is 5.71. The first kappa shape index (κ1) is 22.6. The smallest absolute Gasteiger partial charge is 0.255 e. The molecule has 1 aromatic heterocycles. The molecule has 1 atom stereocenters. The van der Waals surface area contributed by atoms with Gasteiger partial charge in [-0.25, -0.2) is 9.07 Å². The predicted molar refractivity (Wildman–Crippen MR) is 132 cm³/mol. The second-order valence-electron chi connectivity index (χ2n) is 7.97. The first-order valence-electron chi connectivity index (χ1n) is 10.9. The number of halogens is 2. The molecule has 0 fully saturated rings. The lowest BCUT2D eigenvalue weighted by atomic mass is 9.95. The molecule has 9 heteroatoms. The summed E-state index contributed by atoms with van der Waals surface area (Å²) in [5.74, 6) is 0.411. The largest absolute Gasteiger partial charge is 0.489 e. The highest BCUT2D eigenvalue weighted by Crippen LogP contribution is 2.36. The Morgan fingerprint density at radius 3 is 2.63 bits per heavy atom. The van der Waals surface area contributed by atoms with E-state index in [1.54, 1.807) is 28.9 Å². The zero-order valence-corrected chi connectivity index (χ0v) is 19.5. The number of hydrogen-bond acceptors (Lipinski definition) is 5. The molecule has 0 aliphatic carbocycles. The molecule has 2 heterocycles. The number of anilines is 2. The maximum Gasteiger partial charge on any atom is 0.255 e. The summed E-state index contributed by atoms with van der Waals surface area (Å²) in [6.45, 7) is 1.83. The topological polar surface area (TPSA) is 81.1 Å². The Bertz CT molecular complexity index is 1380. The van der Waals surface area contributed by atoms with Crippen molar-refractivity contribution >= 4 is 29.1 Å². The Hall–Kier alpha value is -4.17. The quantitative estimate of drug-likeness (QED) is 0.369. The number of fused-ring (bicyclic) bond motifs is 1. The second kappa shape index (κ2) is 9.60. The number of allylic oxidation sites excluding steroid dienone is 1. The minimum atomic E-state index is -0.507. The number of carbonyl (C=O) groups excluding carboxylic acids is 1. The summed E-state index contributed by atoms with van der Waals surface area (Å²) in [4.78, 5) is 17.6. The summed E-state index contributed by atoms with van der Waals surface area (Å²) >= 11 is 6.09. The molecule has 176 valence electrons. The molecule has 4 aromatic rings. The molecule has 1 aliphatic heterocycles. The van der Waals surface area contributed by atoms with Gasteiger partial charge in [0.05, 0.1) is 10.6 Å². The number of nitrogens with zero attached hydrogens (tertiary/aromatic N) is 3. The van der Waals surface area contributed by atoms with Gasteiger partial charge in [-0.2, -0.15) is 10.1 Å². The van der Waals surface area contributed by atoms with Crippen LogP contribution in [0.5, 0.6) is 5.75 Å². The van der Waals surface area contributed by atoms with Crippen molar-refractivity contribution < 1.29 is 13.9 Å². The first-order valence-corrected chi connectivity index (χ1v) is 11.3. The number of para-hydroxylation sites is 1. The van der Waals surface area contributed by atoms with Gasteiger partial charge in [0.2, 0.25) is 5.95 Å². The van der Waals surface area contributed by atoms with E-state index < -0.39 is 11.9 Å². The molecule has 0 saturated carbocycles. The van der Waals surface area contributed by atoms with E-state index in [1.807, 2.05) is 49.4 Å². The summed E-state index contributed by atoms with van der Waals surface area (Å²) in [7, 11) is 0. The number of aromatic nitrogens is 3. The van der Waals surface area contributed by atoms with Crippen LogP contribution in [0.1, 0.15) is 24.1 Å². The van der Waals surface area contributed by atoms with Crippen LogP contribution in [0.2, 0.25) is 5.02 Å². The SMILES string of the molecule is CC1=C(C(=O)Nc2ccccc2)[C@@H](c2ccc(OCc3c(F)cccc3Cl)cc2)n2ncnc2N1. The van der Waals surface area contributed by atoms with Crippen LogP contribution in [0, 0.1) is 5.82 Å². The van der Waals surface area contributed by atoms with E-state index in [9.17, 15) is 9.18 Å². The van der Waals surface area contributed by atoms with Crippen LogP contribution in [-0.4, -0.2) is 20.7 Å². The number of ether oxygens (including phenoxy) is 1. The second-order valence-corrected chi connectivity index (χ2v) is 8.38.